The third-order valence-corrected chi connectivity index (χ3v) is 9.66. The predicted molar refractivity (Wildman–Crippen MR) is 147 cm³/mol. The van der Waals surface area contributed by atoms with E-state index in [4.69, 9.17) is 0 Å². The average molecular weight is 555 g/mol. The van der Waals surface area contributed by atoms with Crippen molar-refractivity contribution in [2.24, 2.45) is 5.92 Å². The number of carbonyl (C=O) groups is 5. The first-order valence-corrected chi connectivity index (χ1v) is 14.4. The lowest BCUT2D eigenvalue weighted by atomic mass is 10.1. The monoisotopic (exact) mass is 554 g/mol. The first-order valence-electron chi connectivity index (χ1n) is 12.6. The summed E-state index contributed by atoms with van der Waals surface area (Å²) < 4.78 is -0.724. The van der Waals surface area contributed by atoms with Crippen LogP contribution in [0.2, 0.25) is 0 Å². The van der Waals surface area contributed by atoms with Crippen molar-refractivity contribution in [3.05, 3.63) is 71.8 Å². The third-order valence-electron chi connectivity index (χ3n) is 6.91. The zero-order valence-corrected chi connectivity index (χ0v) is 22.7. The second kappa shape index (κ2) is 12.6. The Morgan fingerprint density at radius 2 is 1.24 bits per heavy atom. The topological polar surface area (TPSA) is 112 Å². The summed E-state index contributed by atoms with van der Waals surface area (Å²) in [5.41, 5.74) is 0.941. The number of benzene rings is 2. The van der Waals surface area contributed by atoms with Crippen LogP contribution >= 0.6 is 23.5 Å². The Kier molecular flexibility index (Phi) is 9.27. The largest absolute Gasteiger partial charge is 0.480 e. The molecule has 2 saturated heterocycles. The van der Waals surface area contributed by atoms with Crippen molar-refractivity contribution >= 4 is 51.5 Å². The lowest BCUT2D eigenvalue weighted by molar-refractivity contribution is -0.152. The summed E-state index contributed by atoms with van der Waals surface area (Å²) in [6.45, 7) is 2.40. The van der Waals surface area contributed by atoms with E-state index in [1.807, 2.05) is 0 Å². The second-order valence-corrected chi connectivity index (χ2v) is 11.9. The van der Waals surface area contributed by atoms with Crippen molar-refractivity contribution in [3.63, 3.8) is 0 Å². The fourth-order valence-electron chi connectivity index (χ4n) is 4.87. The van der Waals surface area contributed by atoms with Crippen LogP contribution in [0.5, 0.6) is 0 Å². The summed E-state index contributed by atoms with van der Waals surface area (Å²) >= 11 is 1.88. The maximum Gasteiger partial charge on any atom is 0.326 e. The van der Waals surface area contributed by atoms with E-state index in [2.05, 4.69) is 0 Å². The van der Waals surface area contributed by atoms with Gasteiger partial charge < -0.3 is 14.9 Å². The summed E-state index contributed by atoms with van der Waals surface area (Å²) in [4.78, 5) is 67.8. The highest BCUT2D eigenvalue weighted by molar-refractivity contribution is 8.30. The fourth-order valence-corrected chi connectivity index (χ4v) is 7.19. The van der Waals surface area contributed by atoms with E-state index in [9.17, 15) is 29.1 Å². The van der Waals surface area contributed by atoms with Crippen molar-refractivity contribution in [1.82, 2.24) is 9.80 Å². The van der Waals surface area contributed by atoms with Gasteiger partial charge in [-0.1, -0.05) is 91.1 Å². The molecule has 0 bridgehead atoms. The van der Waals surface area contributed by atoms with E-state index in [0.717, 1.165) is 23.5 Å². The minimum atomic E-state index is -1.04. The highest BCUT2D eigenvalue weighted by Crippen LogP contribution is 2.37. The third kappa shape index (κ3) is 6.30. The highest BCUT2D eigenvalue weighted by Gasteiger charge is 2.44. The van der Waals surface area contributed by atoms with Crippen molar-refractivity contribution < 1.29 is 29.1 Å². The van der Waals surface area contributed by atoms with E-state index in [1.54, 1.807) is 67.6 Å². The van der Waals surface area contributed by atoms with Crippen molar-refractivity contribution in [2.45, 2.75) is 49.3 Å². The van der Waals surface area contributed by atoms with Crippen LogP contribution in [0.15, 0.2) is 60.7 Å². The number of aliphatic carboxylic acids is 1. The molecule has 8 nitrogen and oxygen atoms in total. The van der Waals surface area contributed by atoms with Crippen LogP contribution < -0.4 is 0 Å². The van der Waals surface area contributed by atoms with Gasteiger partial charge >= 0.3 is 5.97 Å². The van der Waals surface area contributed by atoms with Crippen molar-refractivity contribution in [3.8, 4) is 0 Å². The van der Waals surface area contributed by atoms with Gasteiger partial charge in [-0.15, -0.1) is 0 Å². The lowest BCUT2D eigenvalue weighted by Gasteiger charge is -2.32. The first-order chi connectivity index (χ1) is 18.3. The molecule has 2 amide bonds. The molecule has 0 spiro atoms. The van der Waals surface area contributed by atoms with E-state index in [0.29, 0.717) is 49.9 Å². The molecule has 0 saturated carbocycles. The van der Waals surface area contributed by atoms with Gasteiger partial charge in [0.2, 0.25) is 22.0 Å². The zero-order valence-electron chi connectivity index (χ0n) is 21.0. The number of carboxylic acids is 1. The molecule has 2 aliphatic heterocycles. The number of carboxylic acid groups (broad SMARTS) is 1. The molecule has 10 heteroatoms. The van der Waals surface area contributed by atoms with Crippen LogP contribution in [0.1, 0.15) is 53.3 Å². The van der Waals surface area contributed by atoms with Crippen LogP contribution in [-0.4, -0.2) is 72.7 Å². The molecule has 2 fully saturated rings. The quantitative estimate of drug-likeness (QED) is 0.484. The van der Waals surface area contributed by atoms with Crippen LogP contribution in [0.3, 0.4) is 0 Å². The zero-order chi connectivity index (χ0) is 27.2. The Labute approximate surface area is 230 Å². The minimum absolute atomic E-state index is 0.251. The van der Waals surface area contributed by atoms with Gasteiger partial charge in [0.15, 0.2) is 0 Å². The smallest absolute Gasteiger partial charge is 0.326 e. The molecule has 4 rings (SSSR count). The number of hydrogen-bond acceptors (Lipinski definition) is 7. The molecule has 2 aromatic rings. The van der Waals surface area contributed by atoms with Crippen molar-refractivity contribution in [2.75, 3.05) is 13.1 Å². The van der Waals surface area contributed by atoms with E-state index >= 15 is 0 Å². The van der Waals surface area contributed by atoms with Crippen molar-refractivity contribution in [1.29, 1.82) is 0 Å². The fraction of sp³-hybridized carbons (Fsp3) is 0.393. The average Bonchev–Trinajstić information content (AvgIpc) is 3.63. The maximum absolute atomic E-state index is 13.8. The van der Waals surface area contributed by atoms with Crippen LogP contribution in [0, 0.1) is 5.92 Å². The Balaban J connectivity index is 1.53. The normalized spacial score (nSPS) is 19.9. The Bertz CT molecular complexity index is 1140. The number of likely N-dealkylation sites (tertiary alicyclic amines) is 2. The minimum Gasteiger partial charge on any atom is -0.480 e. The summed E-state index contributed by atoms with van der Waals surface area (Å²) in [5, 5.41) is 9.02. The molecule has 0 aliphatic carbocycles. The van der Waals surface area contributed by atoms with Gasteiger partial charge in [0.05, 0.1) is 10.5 Å². The lowest BCUT2D eigenvalue weighted by Crippen LogP contribution is -2.52. The van der Waals surface area contributed by atoms with Gasteiger partial charge in [0, 0.05) is 24.2 Å². The standard InChI is InChI=1S/C28H30N2O6S2/c1-18(23(31)29-16-8-14-21(29)24(32)30-17-9-15-22(30)25(33)34)28(37-26(35)19-10-4-2-5-11-19)38-27(36)20-12-6-3-7-13-20/h2-7,10-13,18,21-22,28H,8-9,14-17H2,1H3,(H,33,34)/t18?,21-,22-/m0/s1. The molecular formula is C28H30N2O6S2. The van der Waals surface area contributed by atoms with Crippen LogP contribution in [-0.2, 0) is 14.4 Å². The van der Waals surface area contributed by atoms with Gasteiger partial charge in [-0.2, -0.15) is 0 Å². The summed E-state index contributed by atoms with van der Waals surface area (Å²) in [6, 6.07) is 15.8. The Hall–Kier alpha value is -3.11. The number of rotatable bonds is 8. The number of thioether (sulfide) groups is 2. The molecule has 1 unspecified atom stereocenters. The Morgan fingerprint density at radius 1 is 0.763 bits per heavy atom. The van der Waals surface area contributed by atoms with Gasteiger partial charge in [0.25, 0.3) is 0 Å². The Morgan fingerprint density at radius 3 is 1.74 bits per heavy atom. The SMILES string of the molecule is CC(C(=O)N1CCC[C@H]1C(=O)N1CCC[C@H]1C(=O)O)C(SC(=O)c1ccccc1)SC(=O)c1ccccc1. The number of amides is 2. The summed E-state index contributed by atoms with van der Waals surface area (Å²) in [6.07, 6.45) is 2.09. The van der Waals surface area contributed by atoms with E-state index in [1.165, 1.54) is 9.80 Å². The summed E-state index contributed by atoms with van der Waals surface area (Å²) in [7, 11) is 0. The van der Waals surface area contributed by atoms with Gasteiger partial charge in [-0.05, 0) is 25.7 Å². The predicted octanol–water partition coefficient (Wildman–Crippen LogP) is 4.16. The molecular weight excluding hydrogens is 524 g/mol. The molecule has 2 heterocycles. The number of hydrogen-bond donors (Lipinski definition) is 1. The molecule has 2 aromatic carbocycles. The second-order valence-electron chi connectivity index (χ2n) is 9.42. The molecule has 2 aliphatic rings. The van der Waals surface area contributed by atoms with Crippen LogP contribution in [0.4, 0.5) is 0 Å². The van der Waals surface area contributed by atoms with E-state index in [-0.39, 0.29) is 22.0 Å². The van der Waals surface area contributed by atoms with Gasteiger partial charge in [0.1, 0.15) is 12.1 Å². The molecule has 1 N–H and O–H groups in total. The molecule has 38 heavy (non-hydrogen) atoms. The van der Waals surface area contributed by atoms with Gasteiger partial charge in [-0.25, -0.2) is 4.79 Å². The highest BCUT2D eigenvalue weighted by atomic mass is 32.2. The summed E-state index contributed by atoms with van der Waals surface area (Å²) in [5.74, 6) is -2.46. The molecule has 3 atom stereocenters. The van der Waals surface area contributed by atoms with Crippen LogP contribution in [0.25, 0.3) is 0 Å². The van der Waals surface area contributed by atoms with E-state index < -0.39 is 28.6 Å². The molecule has 0 aromatic heterocycles. The first kappa shape index (κ1) is 27.9. The number of carbonyl (C=O) groups excluding carboxylic acids is 4. The molecule has 0 radical (unpaired) electrons. The number of nitrogens with zero attached hydrogens (tertiary/aromatic N) is 2. The maximum atomic E-state index is 13.8. The molecule has 200 valence electrons. The van der Waals surface area contributed by atoms with Gasteiger partial charge in [-0.3, -0.25) is 19.2 Å².